The van der Waals surface area contributed by atoms with Crippen LogP contribution < -0.4 is 10.5 Å². The van der Waals surface area contributed by atoms with E-state index in [0.29, 0.717) is 23.8 Å². The Hall–Kier alpha value is -1.97. The Bertz CT molecular complexity index is 614. The molecule has 2 aromatic rings. The van der Waals surface area contributed by atoms with Gasteiger partial charge in [0.2, 0.25) is 5.88 Å². The minimum absolute atomic E-state index is 0.295. The van der Waals surface area contributed by atoms with E-state index < -0.39 is 0 Å². The molecule has 1 aromatic heterocycles. The summed E-state index contributed by atoms with van der Waals surface area (Å²) in [5, 5.41) is 4.18. The summed E-state index contributed by atoms with van der Waals surface area (Å²) in [6.07, 6.45) is 1.13. The van der Waals surface area contributed by atoms with Gasteiger partial charge in [0.05, 0.1) is 17.9 Å². The first-order valence-electron chi connectivity index (χ1n) is 7.01. The van der Waals surface area contributed by atoms with Crippen molar-refractivity contribution in [2.24, 2.45) is 5.41 Å². The molecule has 2 N–H and O–H groups in total. The predicted molar refractivity (Wildman–Crippen MR) is 78.7 cm³/mol. The van der Waals surface area contributed by atoms with Crippen LogP contribution in [0.4, 0.5) is 5.88 Å². The van der Waals surface area contributed by atoms with Gasteiger partial charge in [-0.3, -0.25) is 0 Å². The molecule has 1 aliphatic carbocycles. The SMILES string of the molecule is CCOc1ccc(-c2c(C3CC3(C)C)noc2N)cc1. The normalized spacial score (nSPS) is 19.9. The molecule has 1 fully saturated rings. The molecule has 106 valence electrons. The Kier molecular flexibility index (Phi) is 2.96. The molecule has 1 aliphatic rings. The maximum atomic E-state index is 5.96. The Labute approximate surface area is 118 Å². The topological polar surface area (TPSA) is 61.3 Å². The van der Waals surface area contributed by atoms with Crippen LogP contribution in [0.1, 0.15) is 38.8 Å². The van der Waals surface area contributed by atoms with Gasteiger partial charge in [-0.05, 0) is 36.5 Å². The van der Waals surface area contributed by atoms with E-state index in [1.54, 1.807) is 0 Å². The number of hydrogen-bond acceptors (Lipinski definition) is 4. The Morgan fingerprint density at radius 2 is 2.00 bits per heavy atom. The first-order valence-corrected chi connectivity index (χ1v) is 7.01. The van der Waals surface area contributed by atoms with Crippen LogP contribution in [-0.2, 0) is 0 Å². The van der Waals surface area contributed by atoms with Crippen molar-refractivity contribution in [1.29, 1.82) is 0 Å². The fourth-order valence-corrected chi connectivity index (χ4v) is 2.66. The van der Waals surface area contributed by atoms with E-state index in [1.807, 2.05) is 31.2 Å². The van der Waals surface area contributed by atoms with Crippen molar-refractivity contribution < 1.29 is 9.26 Å². The lowest BCUT2D eigenvalue weighted by atomic mass is 9.99. The average Bonchev–Trinajstić information content (AvgIpc) is 2.88. The summed E-state index contributed by atoms with van der Waals surface area (Å²) in [6.45, 7) is 7.12. The van der Waals surface area contributed by atoms with Gasteiger partial charge in [0.1, 0.15) is 5.75 Å². The van der Waals surface area contributed by atoms with Gasteiger partial charge >= 0.3 is 0 Å². The number of nitrogens with two attached hydrogens (primary N) is 1. The largest absolute Gasteiger partial charge is 0.494 e. The number of hydrogen-bond donors (Lipinski definition) is 1. The Morgan fingerprint density at radius 3 is 2.55 bits per heavy atom. The number of ether oxygens (including phenoxy) is 1. The number of rotatable bonds is 4. The lowest BCUT2D eigenvalue weighted by molar-refractivity contribution is 0.340. The molecule has 0 radical (unpaired) electrons. The van der Waals surface area contributed by atoms with Gasteiger partial charge in [0, 0.05) is 5.92 Å². The highest BCUT2D eigenvalue weighted by atomic mass is 16.5. The van der Waals surface area contributed by atoms with E-state index in [1.165, 1.54) is 0 Å². The molecule has 3 rings (SSSR count). The first kappa shape index (κ1) is 13.0. The van der Waals surface area contributed by atoms with Crippen molar-refractivity contribution >= 4 is 5.88 Å². The third-order valence-electron chi connectivity index (χ3n) is 4.04. The van der Waals surface area contributed by atoms with Crippen LogP contribution in [0.25, 0.3) is 11.1 Å². The molecule has 1 heterocycles. The van der Waals surface area contributed by atoms with Crippen molar-refractivity contribution in [2.45, 2.75) is 33.1 Å². The van der Waals surface area contributed by atoms with E-state index in [0.717, 1.165) is 29.0 Å². The zero-order valence-electron chi connectivity index (χ0n) is 12.1. The van der Waals surface area contributed by atoms with Gasteiger partial charge in [0.15, 0.2) is 0 Å². The van der Waals surface area contributed by atoms with Crippen LogP contribution in [0.3, 0.4) is 0 Å². The van der Waals surface area contributed by atoms with Crippen LogP contribution in [0.15, 0.2) is 28.8 Å². The summed E-state index contributed by atoms with van der Waals surface area (Å²) in [7, 11) is 0. The molecule has 0 aliphatic heterocycles. The van der Waals surface area contributed by atoms with Crippen LogP contribution in [0, 0.1) is 5.41 Å². The number of aromatic nitrogens is 1. The van der Waals surface area contributed by atoms with Crippen LogP contribution in [0.2, 0.25) is 0 Å². The van der Waals surface area contributed by atoms with Gasteiger partial charge in [-0.25, -0.2) is 0 Å². The molecule has 0 saturated heterocycles. The lowest BCUT2D eigenvalue weighted by Gasteiger charge is -2.06. The summed E-state index contributed by atoms with van der Waals surface area (Å²) in [5.41, 5.74) is 9.21. The average molecular weight is 272 g/mol. The zero-order valence-corrected chi connectivity index (χ0v) is 12.1. The second kappa shape index (κ2) is 4.54. The van der Waals surface area contributed by atoms with Crippen molar-refractivity contribution in [3.63, 3.8) is 0 Å². The molecule has 1 atom stereocenters. The van der Waals surface area contributed by atoms with Crippen LogP contribution >= 0.6 is 0 Å². The lowest BCUT2D eigenvalue weighted by Crippen LogP contribution is -1.95. The van der Waals surface area contributed by atoms with Crippen molar-refractivity contribution in [3.05, 3.63) is 30.0 Å². The number of benzene rings is 1. The Morgan fingerprint density at radius 1 is 1.35 bits per heavy atom. The highest BCUT2D eigenvalue weighted by Gasteiger charge is 2.49. The zero-order chi connectivity index (χ0) is 14.3. The summed E-state index contributed by atoms with van der Waals surface area (Å²) in [6, 6.07) is 7.92. The van der Waals surface area contributed by atoms with Gasteiger partial charge in [-0.1, -0.05) is 31.1 Å². The molecular formula is C16H20N2O2. The van der Waals surface area contributed by atoms with Gasteiger partial charge in [-0.2, -0.15) is 0 Å². The molecule has 0 amide bonds. The van der Waals surface area contributed by atoms with E-state index in [-0.39, 0.29) is 0 Å². The minimum Gasteiger partial charge on any atom is -0.494 e. The number of anilines is 1. The van der Waals surface area contributed by atoms with Gasteiger partial charge < -0.3 is 15.0 Å². The highest BCUT2D eigenvalue weighted by Crippen LogP contribution is 2.60. The molecule has 0 spiro atoms. The third kappa shape index (κ3) is 2.15. The molecule has 1 aromatic carbocycles. The van der Waals surface area contributed by atoms with Crippen LogP contribution in [-0.4, -0.2) is 11.8 Å². The fourth-order valence-electron chi connectivity index (χ4n) is 2.66. The molecular weight excluding hydrogens is 252 g/mol. The van der Waals surface area contributed by atoms with Gasteiger partial charge in [-0.15, -0.1) is 0 Å². The molecule has 4 nitrogen and oxygen atoms in total. The summed E-state index contributed by atoms with van der Waals surface area (Å²) >= 11 is 0. The second-order valence-electron chi connectivity index (χ2n) is 6.01. The van der Waals surface area contributed by atoms with E-state index in [9.17, 15) is 0 Å². The summed E-state index contributed by atoms with van der Waals surface area (Å²) in [5.74, 6) is 1.69. The molecule has 20 heavy (non-hydrogen) atoms. The quantitative estimate of drug-likeness (QED) is 0.918. The maximum absolute atomic E-state index is 5.96. The molecule has 0 bridgehead atoms. The van der Waals surface area contributed by atoms with Crippen molar-refractivity contribution in [2.75, 3.05) is 12.3 Å². The van der Waals surface area contributed by atoms with Crippen LogP contribution in [0.5, 0.6) is 5.75 Å². The molecule has 4 heteroatoms. The maximum Gasteiger partial charge on any atom is 0.230 e. The standard InChI is InChI=1S/C16H20N2O2/c1-4-19-11-7-5-10(6-8-11)13-14(18-20-15(13)17)12-9-16(12,2)3/h5-8,12H,4,9,17H2,1-3H3. The predicted octanol–water partition coefficient (Wildman–Crippen LogP) is 3.84. The highest BCUT2D eigenvalue weighted by molar-refractivity contribution is 5.76. The monoisotopic (exact) mass is 272 g/mol. The van der Waals surface area contributed by atoms with Gasteiger partial charge in [0.25, 0.3) is 0 Å². The third-order valence-corrected chi connectivity index (χ3v) is 4.04. The van der Waals surface area contributed by atoms with E-state index >= 15 is 0 Å². The number of nitrogen functional groups attached to an aromatic ring is 1. The van der Waals surface area contributed by atoms with Crippen molar-refractivity contribution in [1.82, 2.24) is 5.16 Å². The second-order valence-corrected chi connectivity index (χ2v) is 6.01. The summed E-state index contributed by atoms with van der Waals surface area (Å²) in [4.78, 5) is 0. The Balaban J connectivity index is 1.95. The van der Waals surface area contributed by atoms with Crippen molar-refractivity contribution in [3.8, 4) is 16.9 Å². The smallest absolute Gasteiger partial charge is 0.230 e. The first-order chi connectivity index (χ1) is 9.53. The van der Waals surface area contributed by atoms with E-state index in [4.69, 9.17) is 15.0 Å². The van der Waals surface area contributed by atoms with E-state index in [2.05, 4.69) is 19.0 Å². The molecule has 1 unspecified atom stereocenters. The molecule has 1 saturated carbocycles. The number of nitrogens with zero attached hydrogens (tertiary/aromatic N) is 1. The minimum atomic E-state index is 0.295. The fraction of sp³-hybridized carbons (Fsp3) is 0.438. The summed E-state index contributed by atoms with van der Waals surface area (Å²) < 4.78 is 10.7.